The molecule has 1 aromatic rings. The van der Waals surface area contributed by atoms with Gasteiger partial charge >= 0.3 is 0 Å². The van der Waals surface area contributed by atoms with Crippen LogP contribution in [0.2, 0.25) is 0 Å². The highest BCUT2D eigenvalue weighted by molar-refractivity contribution is 5.85. The molecule has 0 radical (unpaired) electrons. The van der Waals surface area contributed by atoms with Crippen LogP contribution in [0.5, 0.6) is 0 Å². The Kier molecular flexibility index (Phi) is 5.13. The van der Waals surface area contributed by atoms with E-state index in [2.05, 4.69) is 35.8 Å². The Bertz CT molecular complexity index is 366. The Balaban J connectivity index is 0.00000162. The molecule has 1 aromatic heterocycles. The third kappa shape index (κ3) is 3.93. The monoisotopic (exact) mass is 274 g/mol. The topological polar surface area (TPSA) is 68.2 Å². The van der Waals surface area contributed by atoms with Crippen molar-refractivity contribution in [3.8, 4) is 0 Å². The molecule has 6 heteroatoms. The number of nitrogens with zero attached hydrogens (tertiary/aromatic N) is 3. The third-order valence-corrected chi connectivity index (χ3v) is 3.13. The Morgan fingerprint density at radius 3 is 2.44 bits per heavy atom. The first-order valence-electron chi connectivity index (χ1n) is 6.26. The smallest absolute Gasteiger partial charge is 0.240 e. The van der Waals surface area contributed by atoms with Crippen LogP contribution >= 0.6 is 12.4 Å². The number of rotatable bonds is 2. The fourth-order valence-electron chi connectivity index (χ4n) is 1.93. The van der Waals surface area contributed by atoms with Crippen LogP contribution in [0.4, 0.5) is 0 Å². The number of aromatic nitrogens is 2. The molecule has 0 aromatic carbocycles. The second-order valence-corrected chi connectivity index (χ2v) is 5.88. The summed E-state index contributed by atoms with van der Waals surface area (Å²) < 4.78 is 5.29. The van der Waals surface area contributed by atoms with Gasteiger partial charge in [0.05, 0.1) is 6.54 Å². The summed E-state index contributed by atoms with van der Waals surface area (Å²) >= 11 is 0. The molecule has 1 saturated heterocycles. The van der Waals surface area contributed by atoms with Crippen molar-refractivity contribution in [1.82, 2.24) is 15.0 Å². The molecule has 0 saturated carbocycles. The quantitative estimate of drug-likeness (QED) is 0.889. The SMILES string of the molecule is CC(C)(C)c1noc(CN2CCC(N)CC2)n1.Cl. The lowest BCUT2D eigenvalue weighted by Crippen LogP contribution is -2.39. The van der Waals surface area contributed by atoms with Crippen molar-refractivity contribution < 1.29 is 4.52 Å². The van der Waals surface area contributed by atoms with Crippen LogP contribution in [0, 0.1) is 0 Å². The van der Waals surface area contributed by atoms with Crippen LogP contribution in [0.1, 0.15) is 45.3 Å². The molecule has 0 unspecified atom stereocenters. The predicted octanol–water partition coefficient (Wildman–Crippen LogP) is 1.71. The van der Waals surface area contributed by atoms with E-state index in [4.69, 9.17) is 10.3 Å². The zero-order valence-electron chi connectivity index (χ0n) is 11.3. The van der Waals surface area contributed by atoms with Crippen LogP contribution in [0.15, 0.2) is 4.52 Å². The lowest BCUT2D eigenvalue weighted by molar-refractivity contribution is 0.181. The highest BCUT2D eigenvalue weighted by atomic mass is 35.5. The Hall–Kier alpha value is -0.650. The van der Waals surface area contributed by atoms with E-state index in [1.165, 1.54) is 0 Å². The van der Waals surface area contributed by atoms with Crippen molar-refractivity contribution in [2.75, 3.05) is 13.1 Å². The number of likely N-dealkylation sites (tertiary alicyclic amines) is 1. The van der Waals surface area contributed by atoms with Gasteiger partial charge in [0, 0.05) is 24.5 Å². The van der Waals surface area contributed by atoms with Crippen LogP contribution in [0.25, 0.3) is 0 Å². The van der Waals surface area contributed by atoms with Gasteiger partial charge in [-0.25, -0.2) is 0 Å². The highest BCUT2D eigenvalue weighted by Crippen LogP contribution is 2.19. The van der Waals surface area contributed by atoms with Crippen molar-refractivity contribution in [3.63, 3.8) is 0 Å². The van der Waals surface area contributed by atoms with E-state index in [1.807, 2.05) is 0 Å². The van der Waals surface area contributed by atoms with E-state index in [1.54, 1.807) is 0 Å². The van der Waals surface area contributed by atoms with Gasteiger partial charge in [-0.1, -0.05) is 25.9 Å². The fourth-order valence-corrected chi connectivity index (χ4v) is 1.93. The number of hydrogen-bond acceptors (Lipinski definition) is 5. The van der Waals surface area contributed by atoms with Gasteiger partial charge in [0.25, 0.3) is 0 Å². The zero-order chi connectivity index (χ0) is 12.5. The largest absolute Gasteiger partial charge is 0.338 e. The first kappa shape index (κ1) is 15.4. The molecule has 2 N–H and O–H groups in total. The van der Waals surface area contributed by atoms with Crippen molar-refractivity contribution >= 4 is 12.4 Å². The fraction of sp³-hybridized carbons (Fsp3) is 0.833. The molecule has 0 bridgehead atoms. The minimum atomic E-state index is -0.0496. The van der Waals surface area contributed by atoms with Crippen molar-refractivity contribution in [2.45, 2.75) is 51.6 Å². The van der Waals surface area contributed by atoms with Crippen LogP contribution in [0.3, 0.4) is 0 Å². The third-order valence-electron chi connectivity index (χ3n) is 3.13. The molecular formula is C12H23ClN4O. The average molecular weight is 275 g/mol. The maximum absolute atomic E-state index is 5.87. The summed E-state index contributed by atoms with van der Waals surface area (Å²) in [6.07, 6.45) is 2.11. The normalized spacial score (nSPS) is 18.7. The molecule has 0 spiro atoms. The van der Waals surface area contributed by atoms with Gasteiger partial charge in [-0.3, -0.25) is 4.90 Å². The minimum absolute atomic E-state index is 0. The summed E-state index contributed by atoms with van der Waals surface area (Å²) in [5.41, 5.74) is 5.82. The Morgan fingerprint density at radius 2 is 1.94 bits per heavy atom. The average Bonchev–Trinajstić information content (AvgIpc) is 2.69. The van der Waals surface area contributed by atoms with Crippen LogP contribution in [-0.2, 0) is 12.0 Å². The summed E-state index contributed by atoms with van der Waals surface area (Å²) in [4.78, 5) is 6.77. The van der Waals surface area contributed by atoms with Crippen LogP contribution < -0.4 is 5.73 Å². The van der Waals surface area contributed by atoms with Crippen molar-refractivity contribution in [1.29, 1.82) is 0 Å². The second kappa shape index (κ2) is 5.99. The Morgan fingerprint density at radius 1 is 1.33 bits per heavy atom. The number of nitrogens with two attached hydrogens (primary N) is 1. The molecule has 0 atom stereocenters. The summed E-state index contributed by atoms with van der Waals surface area (Å²) in [5, 5.41) is 4.03. The van der Waals surface area contributed by atoms with Crippen LogP contribution in [-0.4, -0.2) is 34.2 Å². The van der Waals surface area contributed by atoms with Crippen molar-refractivity contribution in [3.05, 3.63) is 11.7 Å². The molecule has 0 aliphatic carbocycles. The number of halogens is 1. The van der Waals surface area contributed by atoms with E-state index in [9.17, 15) is 0 Å². The molecule has 1 fully saturated rings. The molecule has 104 valence electrons. The number of hydrogen-bond donors (Lipinski definition) is 1. The van der Waals surface area contributed by atoms with Gasteiger partial charge in [-0.2, -0.15) is 4.98 Å². The second-order valence-electron chi connectivity index (χ2n) is 5.88. The molecule has 2 rings (SSSR count). The summed E-state index contributed by atoms with van der Waals surface area (Å²) in [5.74, 6) is 1.49. The van der Waals surface area contributed by atoms with Gasteiger partial charge in [0.2, 0.25) is 5.89 Å². The maximum Gasteiger partial charge on any atom is 0.240 e. The predicted molar refractivity (Wildman–Crippen MR) is 72.7 cm³/mol. The first-order chi connectivity index (χ1) is 7.95. The van der Waals surface area contributed by atoms with E-state index in [0.717, 1.165) is 38.3 Å². The van der Waals surface area contributed by atoms with E-state index < -0.39 is 0 Å². The van der Waals surface area contributed by atoms with Gasteiger partial charge in [-0.15, -0.1) is 12.4 Å². The van der Waals surface area contributed by atoms with Gasteiger partial charge in [0.1, 0.15) is 0 Å². The highest BCUT2D eigenvalue weighted by Gasteiger charge is 2.23. The molecule has 0 amide bonds. The molecule has 1 aliphatic heterocycles. The molecule has 2 heterocycles. The molecule has 1 aliphatic rings. The number of piperidine rings is 1. The van der Waals surface area contributed by atoms with E-state index in [-0.39, 0.29) is 17.8 Å². The van der Waals surface area contributed by atoms with Crippen molar-refractivity contribution in [2.24, 2.45) is 5.73 Å². The lowest BCUT2D eigenvalue weighted by Gasteiger charge is -2.28. The first-order valence-corrected chi connectivity index (χ1v) is 6.26. The molecular weight excluding hydrogens is 252 g/mol. The van der Waals surface area contributed by atoms with E-state index in [0.29, 0.717) is 11.9 Å². The summed E-state index contributed by atoms with van der Waals surface area (Å²) in [6.45, 7) is 9.04. The van der Waals surface area contributed by atoms with Gasteiger partial charge < -0.3 is 10.3 Å². The minimum Gasteiger partial charge on any atom is -0.338 e. The van der Waals surface area contributed by atoms with Gasteiger partial charge in [-0.05, 0) is 12.8 Å². The lowest BCUT2D eigenvalue weighted by atomic mass is 9.96. The standard InChI is InChI=1S/C12H22N4O.ClH/c1-12(2,3)11-14-10(17-15-11)8-16-6-4-9(13)5-7-16;/h9H,4-8,13H2,1-3H3;1H. The Labute approximate surface area is 115 Å². The zero-order valence-corrected chi connectivity index (χ0v) is 12.2. The maximum atomic E-state index is 5.87. The van der Waals surface area contributed by atoms with E-state index >= 15 is 0 Å². The summed E-state index contributed by atoms with van der Waals surface area (Å²) in [6, 6.07) is 0.360. The molecule has 5 nitrogen and oxygen atoms in total. The van der Waals surface area contributed by atoms with Gasteiger partial charge in [0.15, 0.2) is 5.82 Å². The summed E-state index contributed by atoms with van der Waals surface area (Å²) in [7, 11) is 0. The molecule has 18 heavy (non-hydrogen) atoms.